The number of hydrogen-bond acceptors (Lipinski definition) is 5. The van der Waals surface area contributed by atoms with E-state index in [0.717, 1.165) is 27.9 Å². The standard InChI is InChI=1S/C13H16N4S/c1-9-6-10(2)16-12(7-9)18-8-11-4-3-5-15-13(11)17-14/h3-7H,8,14H2,1-2H3,(H,15,17). The first-order chi connectivity index (χ1) is 8.69. The lowest BCUT2D eigenvalue weighted by Crippen LogP contribution is -2.10. The first kappa shape index (κ1) is 12.9. The van der Waals surface area contributed by atoms with Crippen LogP contribution in [0.1, 0.15) is 16.8 Å². The maximum Gasteiger partial charge on any atom is 0.143 e. The van der Waals surface area contributed by atoms with Crippen LogP contribution in [0, 0.1) is 13.8 Å². The van der Waals surface area contributed by atoms with Crippen LogP contribution in [-0.2, 0) is 5.75 Å². The van der Waals surface area contributed by atoms with Gasteiger partial charge in [0.15, 0.2) is 0 Å². The molecule has 2 rings (SSSR count). The highest BCUT2D eigenvalue weighted by Gasteiger charge is 2.04. The molecule has 0 spiro atoms. The van der Waals surface area contributed by atoms with E-state index >= 15 is 0 Å². The lowest BCUT2D eigenvalue weighted by molar-refractivity contribution is 1.04. The van der Waals surface area contributed by atoms with Crippen LogP contribution >= 0.6 is 11.8 Å². The smallest absolute Gasteiger partial charge is 0.143 e. The van der Waals surface area contributed by atoms with Crippen LogP contribution in [0.2, 0.25) is 0 Å². The molecule has 0 aliphatic rings. The molecule has 5 heteroatoms. The molecule has 18 heavy (non-hydrogen) atoms. The average molecular weight is 260 g/mol. The Labute approximate surface area is 111 Å². The zero-order valence-electron chi connectivity index (χ0n) is 10.5. The number of nitrogens with zero attached hydrogens (tertiary/aromatic N) is 2. The molecular formula is C13H16N4S. The molecule has 0 saturated carbocycles. The van der Waals surface area contributed by atoms with Crippen LogP contribution in [-0.4, -0.2) is 9.97 Å². The third kappa shape index (κ3) is 3.21. The van der Waals surface area contributed by atoms with Crippen molar-refractivity contribution in [3.63, 3.8) is 0 Å². The summed E-state index contributed by atoms with van der Waals surface area (Å²) in [5.41, 5.74) is 5.96. The van der Waals surface area contributed by atoms with E-state index in [1.165, 1.54) is 5.56 Å². The Morgan fingerprint density at radius 3 is 2.89 bits per heavy atom. The van der Waals surface area contributed by atoms with Gasteiger partial charge in [-0.05, 0) is 37.6 Å². The highest BCUT2D eigenvalue weighted by molar-refractivity contribution is 7.98. The molecule has 0 unspecified atom stereocenters. The van der Waals surface area contributed by atoms with Gasteiger partial charge in [-0.15, -0.1) is 11.8 Å². The lowest BCUT2D eigenvalue weighted by Gasteiger charge is -2.07. The summed E-state index contributed by atoms with van der Waals surface area (Å²) in [6.07, 6.45) is 1.72. The Balaban J connectivity index is 2.11. The minimum absolute atomic E-state index is 0.717. The van der Waals surface area contributed by atoms with Gasteiger partial charge in [0.2, 0.25) is 0 Å². The predicted molar refractivity (Wildman–Crippen MR) is 75.3 cm³/mol. The molecule has 0 fully saturated rings. The number of hydrogen-bond donors (Lipinski definition) is 2. The normalized spacial score (nSPS) is 10.4. The summed E-state index contributed by atoms with van der Waals surface area (Å²) >= 11 is 1.68. The molecule has 0 saturated heterocycles. The van der Waals surface area contributed by atoms with Crippen molar-refractivity contribution in [1.82, 2.24) is 9.97 Å². The summed E-state index contributed by atoms with van der Waals surface area (Å²) < 4.78 is 0. The second-order valence-electron chi connectivity index (χ2n) is 4.07. The van der Waals surface area contributed by atoms with E-state index < -0.39 is 0 Å². The Kier molecular flexibility index (Phi) is 4.17. The van der Waals surface area contributed by atoms with E-state index in [1.54, 1.807) is 18.0 Å². The van der Waals surface area contributed by atoms with Crippen LogP contribution in [0.5, 0.6) is 0 Å². The lowest BCUT2D eigenvalue weighted by atomic mass is 10.3. The van der Waals surface area contributed by atoms with Gasteiger partial charge >= 0.3 is 0 Å². The van der Waals surface area contributed by atoms with Gasteiger partial charge in [-0.25, -0.2) is 15.8 Å². The molecular weight excluding hydrogens is 244 g/mol. The maximum absolute atomic E-state index is 5.43. The Morgan fingerprint density at radius 1 is 1.33 bits per heavy atom. The second-order valence-corrected chi connectivity index (χ2v) is 5.06. The summed E-state index contributed by atoms with van der Waals surface area (Å²) in [5, 5.41) is 1.03. The second kappa shape index (κ2) is 5.84. The van der Waals surface area contributed by atoms with Crippen LogP contribution in [0.4, 0.5) is 5.82 Å². The van der Waals surface area contributed by atoms with Crippen molar-refractivity contribution in [3.05, 3.63) is 47.3 Å². The van der Waals surface area contributed by atoms with Gasteiger partial charge in [0, 0.05) is 23.2 Å². The highest BCUT2D eigenvalue weighted by atomic mass is 32.2. The molecule has 3 N–H and O–H groups in total. The van der Waals surface area contributed by atoms with E-state index in [2.05, 4.69) is 34.5 Å². The zero-order valence-corrected chi connectivity index (χ0v) is 11.3. The van der Waals surface area contributed by atoms with E-state index in [-0.39, 0.29) is 0 Å². The number of nitrogens with one attached hydrogen (secondary N) is 1. The summed E-state index contributed by atoms with van der Waals surface area (Å²) in [6, 6.07) is 8.08. The Bertz CT molecular complexity index is 522. The number of aromatic nitrogens is 2. The summed E-state index contributed by atoms with van der Waals surface area (Å²) in [7, 11) is 0. The van der Waals surface area contributed by atoms with Gasteiger partial charge in [0.25, 0.3) is 0 Å². The zero-order chi connectivity index (χ0) is 13.0. The van der Waals surface area contributed by atoms with Crippen molar-refractivity contribution >= 4 is 17.6 Å². The van der Waals surface area contributed by atoms with E-state index in [0.29, 0.717) is 0 Å². The van der Waals surface area contributed by atoms with Crippen molar-refractivity contribution < 1.29 is 0 Å². The van der Waals surface area contributed by atoms with Crippen LogP contribution in [0.15, 0.2) is 35.5 Å². The number of rotatable bonds is 4. The predicted octanol–water partition coefficient (Wildman–Crippen LogP) is 2.67. The van der Waals surface area contributed by atoms with Gasteiger partial charge < -0.3 is 5.43 Å². The number of thioether (sulfide) groups is 1. The third-order valence-electron chi connectivity index (χ3n) is 2.48. The Hall–Kier alpha value is -1.59. The number of hydrazine groups is 1. The number of pyridine rings is 2. The molecule has 0 bridgehead atoms. The molecule has 0 aliphatic carbocycles. The quantitative estimate of drug-likeness (QED) is 0.502. The fourth-order valence-corrected chi connectivity index (χ4v) is 2.73. The molecule has 2 aromatic rings. The summed E-state index contributed by atoms with van der Waals surface area (Å²) in [4.78, 5) is 8.67. The first-order valence-corrected chi connectivity index (χ1v) is 6.66. The maximum atomic E-state index is 5.43. The van der Waals surface area contributed by atoms with Crippen LogP contribution in [0.3, 0.4) is 0 Å². The van der Waals surface area contributed by atoms with Gasteiger partial charge in [-0.2, -0.15) is 0 Å². The molecule has 94 valence electrons. The topological polar surface area (TPSA) is 63.8 Å². The number of aryl methyl sites for hydroxylation is 2. The number of anilines is 1. The molecule has 0 aliphatic heterocycles. The largest absolute Gasteiger partial charge is 0.308 e. The fourth-order valence-electron chi connectivity index (χ4n) is 1.71. The highest BCUT2D eigenvalue weighted by Crippen LogP contribution is 2.24. The molecule has 0 radical (unpaired) electrons. The van der Waals surface area contributed by atoms with Gasteiger partial charge in [-0.1, -0.05) is 6.07 Å². The van der Waals surface area contributed by atoms with Crippen molar-refractivity contribution in [3.8, 4) is 0 Å². The van der Waals surface area contributed by atoms with Gasteiger partial charge in [0.05, 0.1) is 5.03 Å². The van der Waals surface area contributed by atoms with E-state index in [4.69, 9.17) is 5.84 Å². The van der Waals surface area contributed by atoms with Crippen LogP contribution < -0.4 is 11.3 Å². The van der Waals surface area contributed by atoms with Gasteiger partial charge in [-0.3, -0.25) is 0 Å². The fraction of sp³-hybridized carbons (Fsp3) is 0.231. The molecule has 0 aromatic carbocycles. The minimum Gasteiger partial charge on any atom is -0.308 e. The SMILES string of the molecule is Cc1cc(C)nc(SCc2cccnc2NN)c1. The monoisotopic (exact) mass is 260 g/mol. The Morgan fingerprint density at radius 2 is 2.17 bits per heavy atom. The first-order valence-electron chi connectivity index (χ1n) is 5.67. The molecule has 0 atom stereocenters. The van der Waals surface area contributed by atoms with E-state index in [1.807, 2.05) is 19.1 Å². The molecule has 4 nitrogen and oxygen atoms in total. The summed E-state index contributed by atoms with van der Waals surface area (Å²) in [5.74, 6) is 6.94. The number of nitrogens with two attached hydrogens (primary N) is 1. The van der Waals surface area contributed by atoms with Crippen molar-refractivity contribution in [2.45, 2.75) is 24.6 Å². The van der Waals surface area contributed by atoms with Crippen molar-refractivity contribution in [2.75, 3.05) is 5.43 Å². The number of nitrogen functional groups attached to an aromatic ring is 1. The van der Waals surface area contributed by atoms with Crippen LogP contribution in [0.25, 0.3) is 0 Å². The molecule has 0 amide bonds. The van der Waals surface area contributed by atoms with Crippen molar-refractivity contribution in [1.29, 1.82) is 0 Å². The van der Waals surface area contributed by atoms with Gasteiger partial charge in [0.1, 0.15) is 5.82 Å². The summed E-state index contributed by atoms with van der Waals surface area (Å²) in [6.45, 7) is 4.09. The van der Waals surface area contributed by atoms with Crippen molar-refractivity contribution in [2.24, 2.45) is 5.84 Å². The average Bonchev–Trinajstić information content (AvgIpc) is 2.35. The molecule has 2 heterocycles. The minimum atomic E-state index is 0.717. The third-order valence-corrected chi connectivity index (χ3v) is 3.44. The van der Waals surface area contributed by atoms with E-state index in [9.17, 15) is 0 Å². The molecule has 2 aromatic heterocycles.